The molecule has 0 amide bonds. The number of hydrogen-bond donors (Lipinski definition) is 0. The first-order valence-electron chi connectivity index (χ1n) is 7.07. The van der Waals surface area contributed by atoms with Gasteiger partial charge >= 0.3 is 0 Å². The molecule has 19 heavy (non-hydrogen) atoms. The Bertz CT molecular complexity index is 406. The van der Waals surface area contributed by atoms with Gasteiger partial charge in [0, 0.05) is 11.1 Å². The molecule has 3 heteroatoms. The Hall–Kier alpha value is -1.35. The van der Waals surface area contributed by atoms with Gasteiger partial charge in [0.15, 0.2) is 0 Å². The van der Waals surface area contributed by atoms with Crippen molar-refractivity contribution in [3.63, 3.8) is 0 Å². The van der Waals surface area contributed by atoms with Crippen molar-refractivity contribution in [1.29, 1.82) is 0 Å². The van der Waals surface area contributed by atoms with Gasteiger partial charge in [0.1, 0.15) is 12.0 Å². The number of rotatable bonds is 5. The van der Waals surface area contributed by atoms with E-state index in [2.05, 4.69) is 0 Å². The summed E-state index contributed by atoms with van der Waals surface area (Å²) in [5.74, 6) is 0.791. The Morgan fingerprint density at radius 2 is 1.95 bits per heavy atom. The first kappa shape index (κ1) is 14.1. The lowest BCUT2D eigenvalue weighted by atomic mass is 10.1. The largest absolute Gasteiger partial charge is 0.496 e. The van der Waals surface area contributed by atoms with Crippen molar-refractivity contribution >= 4 is 6.29 Å². The highest BCUT2D eigenvalue weighted by Crippen LogP contribution is 2.24. The molecule has 0 aromatic heterocycles. The average Bonchev–Trinajstić information content (AvgIpc) is 2.73. The number of ether oxygens (including phenoxy) is 2. The molecule has 1 saturated carbocycles. The highest BCUT2D eigenvalue weighted by molar-refractivity contribution is 5.75. The molecule has 104 valence electrons. The van der Waals surface area contributed by atoms with Crippen LogP contribution >= 0.6 is 0 Å². The minimum absolute atomic E-state index is 0.354. The number of benzene rings is 1. The minimum Gasteiger partial charge on any atom is -0.496 e. The van der Waals surface area contributed by atoms with Gasteiger partial charge in [-0.15, -0.1) is 0 Å². The number of carbonyl (C=O) groups is 1. The molecule has 0 bridgehead atoms. The Morgan fingerprint density at radius 3 is 2.58 bits per heavy atom. The monoisotopic (exact) mass is 262 g/mol. The fraction of sp³-hybridized carbons (Fsp3) is 0.562. The highest BCUT2D eigenvalue weighted by atomic mass is 16.5. The lowest BCUT2D eigenvalue weighted by Gasteiger charge is -2.17. The van der Waals surface area contributed by atoms with E-state index in [4.69, 9.17) is 9.47 Å². The van der Waals surface area contributed by atoms with Crippen molar-refractivity contribution in [2.45, 2.75) is 51.2 Å². The van der Waals surface area contributed by atoms with E-state index in [0.29, 0.717) is 18.3 Å². The molecule has 1 fully saturated rings. The summed E-state index contributed by atoms with van der Waals surface area (Å²) in [6.45, 7) is 0.523. The van der Waals surface area contributed by atoms with Crippen LogP contribution in [0, 0.1) is 0 Å². The van der Waals surface area contributed by atoms with Crippen molar-refractivity contribution < 1.29 is 14.3 Å². The Morgan fingerprint density at radius 1 is 1.21 bits per heavy atom. The van der Waals surface area contributed by atoms with Crippen LogP contribution in [0.25, 0.3) is 0 Å². The minimum atomic E-state index is 0.354. The molecule has 0 atom stereocenters. The van der Waals surface area contributed by atoms with Gasteiger partial charge < -0.3 is 9.47 Å². The SMILES string of the molecule is COc1ccc(C=O)cc1COC1CCCCCC1. The first-order chi connectivity index (χ1) is 9.33. The lowest BCUT2D eigenvalue weighted by molar-refractivity contribution is 0.0300. The van der Waals surface area contributed by atoms with Crippen molar-refractivity contribution in [3.05, 3.63) is 29.3 Å². The molecule has 3 nitrogen and oxygen atoms in total. The molecular weight excluding hydrogens is 240 g/mol. The van der Waals surface area contributed by atoms with E-state index in [0.717, 1.165) is 30.4 Å². The molecular formula is C16H22O3. The van der Waals surface area contributed by atoms with E-state index in [1.54, 1.807) is 13.2 Å². The quantitative estimate of drug-likeness (QED) is 0.599. The molecule has 1 aliphatic rings. The van der Waals surface area contributed by atoms with Gasteiger partial charge in [0.2, 0.25) is 0 Å². The smallest absolute Gasteiger partial charge is 0.150 e. The standard InChI is InChI=1S/C16H22O3/c1-18-16-9-8-13(11-17)10-14(16)12-19-15-6-4-2-3-5-7-15/h8-11,15H,2-7,12H2,1H3. The van der Waals surface area contributed by atoms with Gasteiger partial charge in [-0.3, -0.25) is 4.79 Å². The molecule has 1 aromatic rings. The fourth-order valence-corrected chi connectivity index (χ4v) is 2.60. The fourth-order valence-electron chi connectivity index (χ4n) is 2.60. The zero-order valence-corrected chi connectivity index (χ0v) is 11.6. The molecule has 0 saturated heterocycles. The molecule has 0 aliphatic heterocycles. The second kappa shape index (κ2) is 7.29. The van der Waals surface area contributed by atoms with Gasteiger partial charge in [0.25, 0.3) is 0 Å². The van der Waals surface area contributed by atoms with Crippen LogP contribution in [-0.4, -0.2) is 19.5 Å². The van der Waals surface area contributed by atoms with E-state index < -0.39 is 0 Å². The van der Waals surface area contributed by atoms with Crippen LogP contribution in [0.3, 0.4) is 0 Å². The predicted molar refractivity (Wildman–Crippen MR) is 74.7 cm³/mol. The second-order valence-corrected chi connectivity index (χ2v) is 5.11. The van der Waals surface area contributed by atoms with Gasteiger partial charge in [-0.05, 0) is 31.0 Å². The molecule has 0 radical (unpaired) electrons. The van der Waals surface area contributed by atoms with Crippen LogP contribution < -0.4 is 4.74 Å². The third-order valence-corrected chi connectivity index (χ3v) is 3.72. The number of aldehydes is 1. The Kier molecular flexibility index (Phi) is 5.40. The highest BCUT2D eigenvalue weighted by Gasteiger charge is 2.14. The zero-order valence-electron chi connectivity index (χ0n) is 11.6. The average molecular weight is 262 g/mol. The number of methoxy groups -OCH3 is 1. The summed E-state index contributed by atoms with van der Waals surface area (Å²) in [4.78, 5) is 10.8. The summed E-state index contributed by atoms with van der Waals surface area (Å²) in [6.07, 6.45) is 8.67. The van der Waals surface area contributed by atoms with Crippen molar-refractivity contribution in [3.8, 4) is 5.75 Å². The molecule has 1 aromatic carbocycles. The Labute approximate surface area is 114 Å². The lowest BCUT2D eigenvalue weighted by Crippen LogP contribution is -2.12. The maximum Gasteiger partial charge on any atom is 0.150 e. The van der Waals surface area contributed by atoms with Gasteiger partial charge in [0.05, 0.1) is 19.8 Å². The number of carbonyl (C=O) groups excluding carboxylic acids is 1. The van der Waals surface area contributed by atoms with Crippen LogP contribution in [0.4, 0.5) is 0 Å². The van der Waals surface area contributed by atoms with Crippen molar-refractivity contribution in [2.75, 3.05) is 7.11 Å². The van der Waals surface area contributed by atoms with Crippen LogP contribution in [0.2, 0.25) is 0 Å². The van der Waals surface area contributed by atoms with E-state index in [1.165, 1.54) is 25.7 Å². The van der Waals surface area contributed by atoms with Gasteiger partial charge in [-0.25, -0.2) is 0 Å². The third kappa shape index (κ3) is 4.06. The van der Waals surface area contributed by atoms with Crippen molar-refractivity contribution in [2.24, 2.45) is 0 Å². The summed E-state index contributed by atoms with van der Waals surface area (Å²) in [6, 6.07) is 5.44. The second-order valence-electron chi connectivity index (χ2n) is 5.11. The van der Waals surface area contributed by atoms with Crippen LogP contribution in [0.15, 0.2) is 18.2 Å². The summed E-state index contributed by atoms with van der Waals surface area (Å²) >= 11 is 0. The van der Waals surface area contributed by atoms with Crippen molar-refractivity contribution in [1.82, 2.24) is 0 Å². The normalized spacial score (nSPS) is 16.9. The summed E-state index contributed by atoms with van der Waals surface area (Å²) < 4.78 is 11.3. The van der Waals surface area contributed by atoms with E-state index in [1.807, 2.05) is 12.1 Å². The maximum absolute atomic E-state index is 10.8. The molecule has 0 N–H and O–H groups in total. The maximum atomic E-state index is 10.8. The molecule has 0 unspecified atom stereocenters. The summed E-state index contributed by atoms with van der Waals surface area (Å²) in [5.41, 5.74) is 1.62. The molecule has 0 heterocycles. The van der Waals surface area contributed by atoms with Crippen LogP contribution in [0.1, 0.15) is 54.4 Å². The van der Waals surface area contributed by atoms with E-state index >= 15 is 0 Å². The Balaban J connectivity index is 1.98. The van der Waals surface area contributed by atoms with Crippen LogP contribution in [-0.2, 0) is 11.3 Å². The summed E-state index contributed by atoms with van der Waals surface area (Å²) in [7, 11) is 1.64. The molecule has 1 aliphatic carbocycles. The first-order valence-corrected chi connectivity index (χ1v) is 7.07. The number of hydrogen-bond acceptors (Lipinski definition) is 3. The van der Waals surface area contributed by atoms with Gasteiger partial charge in [-0.2, -0.15) is 0 Å². The molecule has 2 rings (SSSR count). The molecule has 0 spiro atoms. The summed E-state index contributed by atoms with van der Waals surface area (Å²) in [5, 5.41) is 0. The van der Waals surface area contributed by atoms with E-state index in [-0.39, 0.29) is 0 Å². The topological polar surface area (TPSA) is 35.5 Å². The third-order valence-electron chi connectivity index (χ3n) is 3.72. The zero-order chi connectivity index (χ0) is 13.5. The predicted octanol–water partition coefficient (Wildman–Crippen LogP) is 3.75. The van der Waals surface area contributed by atoms with Gasteiger partial charge in [-0.1, -0.05) is 25.7 Å². The van der Waals surface area contributed by atoms with E-state index in [9.17, 15) is 4.79 Å². The van der Waals surface area contributed by atoms with Crippen LogP contribution in [0.5, 0.6) is 5.75 Å².